The second-order valence-corrected chi connectivity index (χ2v) is 8.63. The summed E-state index contributed by atoms with van der Waals surface area (Å²) in [5, 5.41) is 13.3. The maximum atomic E-state index is 13.4. The molecule has 0 aliphatic heterocycles. The molecule has 1 heterocycles. The Bertz CT molecular complexity index is 1460. The highest BCUT2D eigenvalue weighted by Gasteiger charge is 2.31. The molecule has 4 nitrogen and oxygen atoms in total. The van der Waals surface area contributed by atoms with E-state index in [0.717, 1.165) is 33.9 Å². The number of benzene rings is 4. The molecule has 1 amide bonds. The number of amides is 1. The van der Waals surface area contributed by atoms with E-state index in [9.17, 15) is 23.1 Å². The Morgan fingerprint density at radius 3 is 1.86 bits per heavy atom. The second kappa shape index (κ2) is 9.51. The summed E-state index contributed by atoms with van der Waals surface area (Å²) in [4.78, 5) is 14.7. The first-order valence-corrected chi connectivity index (χ1v) is 11.5. The molecule has 5 rings (SSSR count). The van der Waals surface area contributed by atoms with Crippen molar-refractivity contribution in [2.75, 3.05) is 11.4 Å². The molecule has 4 aromatic carbocycles. The van der Waals surface area contributed by atoms with Gasteiger partial charge in [0.05, 0.1) is 24.8 Å². The first-order chi connectivity index (χ1) is 17.3. The summed E-state index contributed by atoms with van der Waals surface area (Å²) in [7, 11) is 0. The highest BCUT2D eigenvalue weighted by Crippen LogP contribution is 2.32. The van der Waals surface area contributed by atoms with Crippen LogP contribution >= 0.6 is 0 Å². The highest BCUT2D eigenvalue weighted by atomic mass is 19.4. The lowest BCUT2D eigenvalue weighted by Gasteiger charge is -2.26. The zero-order valence-electron chi connectivity index (χ0n) is 19.2. The van der Waals surface area contributed by atoms with Crippen LogP contribution in [-0.2, 0) is 12.7 Å². The molecule has 0 fully saturated rings. The van der Waals surface area contributed by atoms with Crippen LogP contribution in [-0.4, -0.2) is 28.2 Å². The standard InChI is InChI=1S/C29H23F3N2O2/c30-29(31,32)21-14-16-22(17-15-21)33(28(36)20-8-2-1-3-9-20)18-23(35)19-34-26-12-6-4-10-24(26)25-11-5-7-13-27(25)34/h1-17,23,35H,18-19H2. The number of nitrogens with zero attached hydrogens (tertiary/aromatic N) is 2. The van der Waals surface area contributed by atoms with Crippen LogP contribution in [0.3, 0.4) is 0 Å². The normalized spacial score (nSPS) is 12.7. The topological polar surface area (TPSA) is 45.5 Å². The van der Waals surface area contributed by atoms with Crippen molar-refractivity contribution in [1.82, 2.24) is 4.57 Å². The van der Waals surface area contributed by atoms with Gasteiger partial charge in [0.15, 0.2) is 0 Å². The summed E-state index contributed by atoms with van der Waals surface area (Å²) in [6.45, 7) is 0.104. The molecule has 0 saturated heterocycles. The maximum Gasteiger partial charge on any atom is 0.416 e. The average Bonchev–Trinajstić information content (AvgIpc) is 3.20. The van der Waals surface area contributed by atoms with Crippen LogP contribution in [0.25, 0.3) is 21.8 Å². The molecule has 7 heteroatoms. The molecule has 1 atom stereocenters. The van der Waals surface area contributed by atoms with Crippen molar-refractivity contribution in [3.63, 3.8) is 0 Å². The Kier molecular flexibility index (Phi) is 6.24. The quantitative estimate of drug-likeness (QED) is 0.296. The monoisotopic (exact) mass is 488 g/mol. The van der Waals surface area contributed by atoms with E-state index in [-0.39, 0.29) is 18.8 Å². The summed E-state index contributed by atoms with van der Waals surface area (Å²) >= 11 is 0. The minimum atomic E-state index is -4.48. The van der Waals surface area contributed by atoms with E-state index in [4.69, 9.17) is 0 Å². The van der Waals surface area contributed by atoms with Gasteiger partial charge < -0.3 is 14.6 Å². The number of para-hydroxylation sites is 2. The van der Waals surface area contributed by atoms with Crippen LogP contribution in [0.2, 0.25) is 0 Å². The van der Waals surface area contributed by atoms with Gasteiger partial charge in [-0.2, -0.15) is 13.2 Å². The summed E-state index contributed by atoms with van der Waals surface area (Å²) in [6, 6.07) is 28.7. The van der Waals surface area contributed by atoms with E-state index in [1.165, 1.54) is 17.0 Å². The van der Waals surface area contributed by atoms with Crippen molar-refractivity contribution in [2.45, 2.75) is 18.8 Å². The predicted octanol–water partition coefficient (Wildman–Crippen LogP) is 6.52. The molecule has 182 valence electrons. The zero-order valence-corrected chi connectivity index (χ0v) is 19.2. The van der Waals surface area contributed by atoms with Gasteiger partial charge in [-0.1, -0.05) is 54.6 Å². The van der Waals surface area contributed by atoms with E-state index in [1.54, 1.807) is 30.3 Å². The lowest BCUT2D eigenvalue weighted by atomic mass is 10.1. The number of aliphatic hydroxyl groups is 1. The van der Waals surface area contributed by atoms with Gasteiger partial charge in [-0.25, -0.2) is 0 Å². The second-order valence-electron chi connectivity index (χ2n) is 8.63. The molecule has 36 heavy (non-hydrogen) atoms. The van der Waals surface area contributed by atoms with Gasteiger partial charge in [-0.05, 0) is 48.5 Å². The Balaban J connectivity index is 1.48. The number of halogens is 3. The third kappa shape index (κ3) is 4.57. The van der Waals surface area contributed by atoms with Gasteiger partial charge in [0.25, 0.3) is 5.91 Å². The molecule has 1 aromatic heterocycles. The number of anilines is 1. The van der Waals surface area contributed by atoms with Crippen LogP contribution in [0.4, 0.5) is 18.9 Å². The van der Waals surface area contributed by atoms with Gasteiger partial charge in [0, 0.05) is 33.1 Å². The number of alkyl halides is 3. The van der Waals surface area contributed by atoms with Crippen molar-refractivity contribution in [3.05, 3.63) is 114 Å². The van der Waals surface area contributed by atoms with Crippen LogP contribution in [0.1, 0.15) is 15.9 Å². The van der Waals surface area contributed by atoms with E-state index in [0.29, 0.717) is 5.56 Å². The maximum absolute atomic E-state index is 13.4. The largest absolute Gasteiger partial charge is 0.416 e. The molecule has 0 aliphatic rings. The van der Waals surface area contributed by atoms with Crippen molar-refractivity contribution in [1.29, 1.82) is 0 Å². The van der Waals surface area contributed by atoms with Crippen LogP contribution in [0.5, 0.6) is 0 Å². The fourth-order valence-corrected chi connectivity index (χ4v) is 4.55. The number of fused-ring (bicyclic) bond motifs is 3. The molecule has 1 unspecified atom stereocenters. The molecule has 0 radical (unpaired) electrons. The first-order valence-electron chi connectivity index (χ1n) is 11.5. The lowest BCUT2D eigenvalue weighted by molar-refractivity contribution is -0.137. The molecule has 0 saturated carbocycles. The van der Waals surface area contributed by atoms with E-state index in [2.05, 4.69) is 0 Å². The van der Waals surface area contributed by atoms with E-state index in [1.807, 2.05) is 53.1 Å². The minimum absolute atomic E-state index is 0.0973. The molecule has 5 aromatic rings. The summed E-state index contributed by atoms with van der Waals surface area (Å²) in [5.74, 6) is -0.406. The molecular formula is C29H23F3N2O2. The molecule has 0 aliphatic carbocycles. The van der Waals surface area contributed by atoms with Crippen molar-refractivity contribution < 1.29 is 23.1 Å². The number of carbonyl (C=O) groups excluding carboxylic acids is 1. The lowest BCUT2D eigenvalue weighted by Crippen LogP contribution is -2.39. The predicted molar refractivity (Wildman–Crippen MR) is 135 cm³/mol. The van der Waals surface area contributed by atoms with Gasteiger partial charge in [-0.3, -0.25) is 4.79 Å². The third-order valence-electron chi connectivity index (χ3n) is 6.24. The summed E-state index contributed by atoms with van der Waals surface area (Å²) in [6.07, 6.45) is -5.47. The molecule has 1 N–H and O–H groups in total. The Hall–Kier alpha value is -4.10. The summed E-state index contributed by atoms with van der Waals surface area (Å²) < 4.78 is 41.3. The number of rotatable bonds is 6. The fourth-order valence-electron chi connectivity index (χ4n) is 4.55. The van der Waals surface area contributed by atoms with Crippen molar-refractivity contribution in [2.24, 2.45) is 0 Å². The zero-order chi connectivity index (χ0) is 25.3. The fraction of sp³-hybridized carbons (Fsp3) is 0.138. The van der Waals surface area contributed by atoms with Gasteiger partial charge in [0.2, 0.25) is 0 Å². The number of hydrogen-bond donors (Lipinski definition) is 1. The van der Waals surface area contributed by atoms with Gasteiger partial charge in [-0.15, -0.1) is 0 Å². The Morgan fingerprint density at radius 1 is 0.778 bits per heavy atom. The van der Waals surface area contributed by atoms with Crippen molar-refractivity contribution >= 4 is 33.4 Å². The van der Waals surface area contributed by atoms with Crippen LogP contribution in [0, 0.1) is 0 Å². The smallest absolute Gasteiger partial charge is 0.389 e. The van der Waals surface area contributed by atoms with Gasteiger partial charge in [0.1, 0.15) is 0 Å². The van der Waals surface area contributed by atoms with Crippen LogP contribution < -0.4 is 4.90 Å². The van der Waals surface area contributed by atoms with Crippen molar-refractivity contribution in [3.8, 4) is 0 Å². The van der Waals surface area contributed by atoms with Gasteiger partial charge >= 0.3 is 6.18 Å². The summed E-state index contributed by atoms with van der Waals surface area (Å²) in [5.41, 5.74) is 1.75. The number of aromatic nitrogens is 1. The number of aliphatic hydroxyl groups excluding tert-OH is 1. The molecule has 0 spiro atoms. The van der Waals surface area contributed by atoms with E-state index >= 15 is 0 Å². The Morgan fingerprint density at radius 2 is 1.31 bits per heavy atom. The number of hydrogen-bond acceptors (Lipinski definition) is 2. The van der Waals surface area contributed by atoms with Crippen LogP contribution in [0.15, 0.2) is 103 Å². The molecule has 0 bridgehead atoms. The third-order valence-corrected chi connectivity index (χ3v) is 6.24. The first kappa shape index (κ1) is 23.6. The number of carbonyl (C=O) groups is 1. The molecular weight excluding hydrogens is 465 g/mol. The SMILES string of the molecule is O=C(c1ccccc1)N(CC(O)Cn1c2ccccc2c2ccccc21)c1ccc(C(F)(F)F)cc1. The highest BCUT2D eigenvalue weighted by molar-refractivity contribution is 6.08. The average molecular weight is 489 g/mol. The Labute approximate surface area is 205 Å². The van der Waals surface area contributed by atoms with E-state index < -0.39 is 23.8 Å². The minimum Gasteiger partial charge on any atom is -0.389 e.